The summed E-state index contributed by atoms with van der Waals surface area (Å²) in [6.45, 7) is 3.95. The number of aromatic nitrogens is 3. The van der Waals surface area contributed by atoms with Gasteiger partial charge in [0.25, 0.3) is 0 Å². The molecular weight excluding hydrogens is 327 g/mol. The summed E-state index contributed by atoms with van der Waals surface area (Å²) >= 11 is 1.37. The maximum absolute atomic E-state index is 13.0. The van der Waals surface area contributed by atoms with Gasteiger partial charge in [-0.2, -0.15) is 0 Å². The van der Waals surface area contributed by atoms with Crippen LogP contribution in [0.1, 0.15) is 13.8 Å². The van der Waals surface area contributed by atoms with E-state index in [1.165, 1.54) is 23.9 Å². The lowest BCUT2D eigenvalue weighted by Crippen LogP contribution is -2.29. The lowest BCUT2D eigenvalue weighted by atomic mass is 10.1. The van der Waals surface area contributed by atoms with Crippen LogP contribution in [0, 0.1) is 11.7 Å². The molecule has 0 spiro atoms. The first kappa shape index (κ1) is 16.4. The van der Waals surface area contributed by atoms with Crippen LogP contribution in [0.3, 0.4) is 0 Å². The molecule has 1 atom stereocenters. The highest BCUT2D eigenvalue weighted by atomic mass is 32.2. The average molecular weight is 344 g/mol. The van der Waals surface area contributed by atoms with Crippen molar-refractivity contribution in [3.8, 4) is 0 Å². The van der Waals surface area contributed by atoms with Crippen LogP contribution in [0.5, 0.6) is 0 Å². The molecule has 1 N–H and O–H groups in total. The number of anilines is 1. The first-order chi connectivity index (χ1) is 11.5. The van der Waals surface area contributed by atoms with Gasteiger partial charge in [0.05, 0.1) is 5.25 Å². The van der Waals surface area contributed by atoms with Crippen LogP contribution < -0.4 is 5.32 Å². The van der Waals surface area contributed by atoms with Gasteiger partial charge in [-0.25, -0.2) is 4.39 Å². The van der Waals surface area contributed by atoms with E-state index in [1.807, 2.05) is 42.6 Å². The summed E-state index contributed by atoms with van der Waals surface area (Å²) in [5.41, 5.74) is 1.31. The van der Waals surface area contributed by atoms with E-state index in [2.05, 4.69) is 15.5 Å². The zero-order valence-electron chi connectivity index (χ0n) is 13.3. The Balaban J connectivity index is 1.79. The number of nitrogens with zero attached hydrogens (tertiary/aromatic N) is 3. The lowest BCUT2D eigenvalue weighted by Gasteiger charge is -2.18. The molecule has 3 rings (SSSR count). The van der Waals surface area contributed by atoms with Crippen molar-refractivity contribution < 1.29 is 9.18 Å². The molecule has 2 aromatic heterocycles. The number of halogens is 1. The van der Waals surface area contributed by atoms with Crippen molar-refractivity contribution in [2.75, 3.05) is 5.32 Å². The van der Waals surface area contributed by atoms with E-state index in [4.69, 9.17) is 0 Å². The molecule has 0 aliphatic carbocycles. The summed E-state index contributed by atoms with van der Waals surface area (Å²) in [4.78, 5) is 12.6. The SMILES string of the molecule is CC(C)[C@H](Sc1nnc2ccccn12)C(=O)Nc1ccc(F)cc1. The molecule has 24 heavy (non-hydrogen) atoms. The van der Waals surface area contributed by atoms with Gasteiger partial charge in [0.2, 0.25) is 5.91 Å². The third kappa shape index (κ3) is 3.56. The number of thioether (sulfide) groups is 1. The number of carbonyl (C=O) groups excluding carboxylic acids is 1. The third-order valence-corrected chi connectivity index (χ3v) is 4.99. The Labute approximate surface area is 143 Å². The van der Waals surface area contributed by atoms with Crippen LogP contribution in [-0.2, 0) is 4.79 Å². The number of rotatable bonds is 5. The van der Waals surface area contributed by atoms with Gasteiger partial charge in [-0.15, -0.1) is 10.2 Å². The summed E-state index contributed by atoms with van der Waals surface area (Å²) in [7, 11) is 0. The maximum Gasteiger partial charge on any atom is 0.238 e. The molecule has 0 aliphatic rings. The smallest absolute Gasteiger partial charge is 0.238 e. The summed E-state index contributed by atoms with van der Waals surface area (Å²) in [5.74, 6) is -0.390. The summed E-state index contributed by atoms with van der Waals surface area (Å²) < 4.78 is 14.8. The second-order valence-electron chi connectivity index (χ2n) is 5.69. The molecule has 0 saturated heterocycles. The predicted molar refractivity (Wildman–Crippen MR) is 92.5 cm³/mol. The Bertz CT molecular complexity index is 847. The van der Waals surface area contributed by atoms with Crippen LogP contribution >= 0.6 is 11.8 Å². The monoisotopic (exact) mass is 344 g/mol. The Morgan fingerprint density at radius 1 is 1.17 bits per heavy atom. The molecule has 124 valence electrons. The molecule has 0 bridgehead atoms. The number of fused-ring (bicyclic) bond motifs is 1. The number of hydrogen-bond acceptors (Lipinski definition) is 4. The van der Waals surface area contributed by atoms with E-state index < -0.39 is 0 Å². The Morgan fingerprint density at radius 2 is 1.92 bits per heavy atom. The minimum absolute atomic E-state index is 0.0894. The zero-order chi connectivity index (χ0) is 17.1. The Morgan fingerprint density at radius 3 is 2.62 bits per heavy atom. The van der Waals surface area contributed by atoms with Gasteiger partial charge < -0.3 is 5.32 Å². The third-order valence-electron chi connectivity index (χ3n) is 3.49. The van der Waals surface area contributed by atoms with Crippen LogP contribution in [0.2, 0.25) is 0 Å². The zero-order valence-corrected chi connectivity index (χ0v) is 14.1. The highest BCUT2D eigenvalue weighted by molar-refractivity contribution is 8.00. The van der Waals surface area contributed by atoms with Crippen molar-refractivity contribution in [3.63, 3.8) is 0 Å². The van der Waals surface area contributed by atoms with E-state index in [1.54, 1.807) is 12.1 Å². The van der Waals surface area contributed by atoms with Crippen molar-refractivity contribution in [1.82, 2.24) is 14.6 Å². The van der Waals surface area contributed by atoms with E-state index in [0.717, 1.165) is 5.65 Å². The van der Waals surface area contributed by atoms with Crippen molar-refractivity contribution in [1.29, 1.82) is 0 Å². The highest BCUT2D eigenvalue weighted by Crippen LogP contribution is 2.28. The molecule has 0 saturated carbocycles. The summed E-state index contributed by atoms with van der Waals surface area (Å²) in [6, 6.07) is 11.4. The number of benzene rings is 1. The fraction of sp³-hybridized carbons (Fsp3) is 0.235. The van der Waals surface area contributed by atoms with Crippen LogP contribution in [0.4, 0.5) is 10.1 Å². The van der Waals surface area contributed by atoms with Gasteiger partial charge in [-0.1, -0.05) is 31.7 Å². The molecule has 5 nitrogen and oxygen atoms in total. The van der Waals surface area contributed by atoms with Crippen molar-refractivity contribution in [3.05, 3.63) is 54.5 Å². The predicted octanol–water partition coefficient (Wildman–Crippen LogP) is 3.62. The van der Waals surface area contributed by atoms with Gasteiger partial charge >= 0.3 is 0 Å². The van der Waals surface area contributed by atoms with Crippen molar-refractivity contribution in [2.45, 2.75) is 24.3 Å². The van der Waals surface area contributed by atoms with Gasteiger partial charge in [0.1, 0.15) is 5.82 Å². The van der Waals surface area contributed by atoms with Crippen molar-refractivity contribution >= 4 is 29.0 Å². The largest absolute Gasteiger partial charge is 0.325 e. The molecule has 0 unspecified atom stereocenters. The van der Waals surface area contributed by atoms with E-state index >= 15 is 0 Å². The molecule has 0 aliphatic heterocycles. The quantitative estimate of drug-likeness (QED) is 0.718. The van der Waals surface area contributed by atoms with E-state index in [9.17, 15) is 9.18 Å². The number of amides is 1. The highest BCUT2D eigenvalue weighted by Gasteiger charge is 2.26. The van der Waals surface area contributed by atoms with Crippen LogP contribution in [-0.4, -0.2) is 25.8 Å². The topological polar surface area (TPSA) is 59.3 Å². The number of pyridine rings is 1. The number of hydrogen-bond donors (Lipinski definition) is 1. The summed E-state index contributed by atoms with van der Waals surface area (Å²) in [6.07, 6.45) is 1.87. The van der Waals surface area contributed by atoms with Crippen LogP contribution in [0.15, 0.2) is 53.8 Å². The van der Waals surface area contributed by atoms with Crippen molar-refractivity contribution in [2.24, 2.45) is 5.92 Å². The standard InChI is InChI=1S/C17H17FN4OS/c1-11(2)15(16(23)19-13-8-6-12(18)7-9-13)24-17-21-20-14-5-3-4-10-22(14)17/h3-11,15H,1-2H3,(H,19,23)/t15-/m0/s1. The van der Waals surface area contributed by atoms with Gasteiger partial charge in [0.15, 0.2) is 10.8 Å². The average Bonchev–Trinajstić information content (AvgIpc) is 2.97. The molecule has 0 fully saturated rings. The molecule has 3 aromatic rings. The minimum atomic E-state index is -0.345. The first-order valence-electron chi connectivity index (χ1n) is 7.57. The Hall–Kier alpha value is -2.41. The fourth-order valence-corrected chi connectivity index (χ4v) is 3.27. The first-order valence-corrected chi connectivity index (χ1v) is 8.45. The lowest BCUT2D eigenvalue weighted by molar-refractivity contribution is -0.116. The number of carbonyl (C=O) groups is 1. The van der Waals surface area contributed by atoms with Gasteiger partial charge in [-0.3, -0.25) is 9.20 Å². The molecule has 2 heterocycles. The summed E-state index contributed by atoms with van der Waals surface area (Å²) in [5, 5.41) is 11.4. The molecule has 1 aromatic carbocycles. The van der Waals surface area contributed by atoms with E-state index in [-0.39, 0.29) is 22.9 Å². The molecular formula is C17H17FN4OS. The van der Waals surface area contributed by atoms with Crippen LogP contribution in [0.25, 0.3) is 5.65 Å². The second kappa shape index (κ2) is 7.00. The molecule has 0 radical (unpaired) electrons. The second-order valence-corrected chi connectivity index (χ2v) is 6.80. The van der Waals surface area contributed by atoms with Gasteiger partial charge in [0, 0.05) is 11.9 Å². The normalized spacial score (nSPS) is 12.5. The van der Waals surface area contributed by atoms with Gasteiger partial charge in [-0.05, 0) is 42.3 Å². The van der Waals surface area contributed by atoms with E-state index in [0.29, 0.717) is 10.8 Å². The molecule has 1 amide bonds. The Kier molecular flexibility index (Phi) is 4.80. The maximum atomic E-state index is 13.0. The fourth-order valence-electron chi connectivity index (χ4n) is 2.25. The molecule has 7 heteroatoms. The minimum Gasteiger partial charge on any atom is -0.325 e. The number of nitrogens with one attached hydrogen (secondary N) is 1.